The number of pyridine rings is 1. The van der Waals surface area contributed by atoms with E-state index in [4.69, 9.17) is 0 Å². The third-order valence-electron chi connectivity index (χ3n) is 6.76. The number of hydrogen-bond acceptors (Lipinski definition) is 5. The summed E-state index contributed by atoms with van der Waals surface area (Å²) in [7, 11) is 0. The fourth-order valence-electron chi connectivity index (χ4n) is 4.70. The second-order valence-electron chi connectivity index (χ2n) is 10.2. The molecule has 2 amide bonds. The summed E-state index contributed by atoms with van der Waals surface area (Å²) >= 11 is 0. The van der Waals surface area contributed by atoms with Crippen molar-refractivity contribution in [3.63, 3.8) is 0 Å². The molecule has 1 aromatic heterocycles. The number of hydrogen-bond donors (Lipinski definition) is 3. The largest absolute Gasteiger partial charge is 0.390 e. The number of nitrogens with zero attached hydrogens (tertiary/aromatic N) is 2. The first-order chi connectivity index (χ1) is 19.7. The van der Waals surface area contributed by atoms with Crippen molar-refractivity contribution in [1.82, 2.24) is 20.5 Å². The van der Waals surface area contributed by atoms with Crippen LogP contribution in [0.4, 0.5) is 8.78 Å². The first kappa shape index (κ1) is 31.8. The Balaban J connectivity index is 1.76. The molecule has 0 spiro atoms. The monoisotopic (exact) mass is 566 g/mol. The molecule has 2 unspecified atom stereocenters. The zero-order chi connectivity index (χ0) is 29.8. The number of aryl methyl sites for hydroxylation is 1. The number of aliphatic hydroxyl groups is 1. The molecule has 0 aliphatic rings. The zero-order valence-electron chi connectivity index (χ0n) is 24.0. The maximum absolute atomic E-state index is 13.9. The number of aliphatic hydroxyl groups excluding tert-OH is 1. The van der Waals surface area contributed by atoms with Crippen molar-refractivity contribution in [2.45, 2.75) is 65.1 Å². The predicted molar refractivity (Wildman–Crippen MR) is 156 cm³/mol. The van der Waals surface area contributed by atoms with Gasteiger partial charge in [-0.1, -0.05) is 45.0 Å². The van der Waals surface area contributed by atoms with Crippen LogP contribution in [-0.4, -0.2) is 58.6 Å². The normalized spacial score (nSPS) is 12.5. The summed E-state index contributed by atoms with van der Waals surface area (Å²) in [5, 5.41) is 17.1. The summed E-state index contributed by atoms with van der Waals surface area (Å²) in [6, 6.07) is 11.8. The van der Waals surface area contributed by atoms with E-state index < -0.39 is 29.7 Å². The number of halogens is 2. The standard InChI is InChI=1S/C32H40F2N4O3/c1-4-10-38(11-5-2)32(41)26-16-25(19-36-20-26)31(40)37-29(15-24-13-27(33)17-28(34)14-24)30(39)21-35-18-23-9-7-8-22(6-3)12-23/h7-9,12-14,16-17,19-20,29-30,35,39H,4-6,10-11,15,18,21H2,1-3H3,(H,37,40). The molecule has 3 rings (SSSR count). The van der Waals surface area contributed by atoms with Gasteiger partial charge in [-0.15, -0.1) is 0 Å². The number of nitrogens with one attached hydrogen (secondary N) is 2. The lowest BCUT2D eigenvalue weighted by molar-refractivity contribution is 0.0755. The number of aromatic nitrogens is 1. The first-order valence-electron chi connectivity index (χ1n) is 14.2. The van der Waals surface area contributed by atoms with E-state index in [1.54, 1.807) is 4.90 Å². The SMILES string of the molecule is CCCN(CCC)C(=O)c1cncc(C(=O)NC(Cc2cc(F)cc(F)c2)C(O)CNCc2cccc(CC)c2)c1. The predicted octanol–water partition coefficient (Wildman–Crippen LogP) is 4.68. The maximum atomic E-state index is 13.9. The van der Waals surface area contributed by atoms with Crippen LogP contribution in [0.15, 0.2) is 60.9 Å². The van der Waals surface area contributed by atoms with E-state index in [9.17, 15) is 23.5 Å². The Morgan fingerprint density at radius 3 is 2.22 bits per heavy atom. The van der Waals surface area contributed by atoms with Gasteiger partial charge in [-0.2, -0.15) is 0 Å². The smallest absolute Gasteiger partial charge is 0.255 e. The van der Waals surface area contributed by atoms with Gasteiger partial charge in [0.15, 0.2) is 0 Å². The van der Waals surface area contributed by atoms with Crippen LogP contribution in [0, 0.1) is 11.6 Å². The fraction of sp³-hybridized carbons (Fsp3) is 0.406. The van der Waals surface area contributed by atoms with E-state index in [0.29, 0.717) is 30.8 Å². The Hall–Kier alpha value is -3.69. The minimum Gasteiger partial charge on any atom is -0.390 e. The van der Waals surface area contributed by atoms with Gasteiger partial charge < -0.3 is 20.6 Å². The average molecular weight is 567 g/mol. The summed E-state index contributed by atoms with van der Waals surface area (Å²) in [6.45, 7) is 7.87. The van der Waals surface area contributed by atoms with Crippen LogP contribution < -0.4 is 10.6 Å². The molecule has 0 fully saturated rings. The highest BCUT2D eigenvalue weighted by molar-refractivity contribution is 5.99. The van der Waals surface area contributed by atoms with Gasteiger partial charge in [0.05, 0.1) is 23.3 Å². The molecule has 0 saturated heterocycles. The summed E-state index contributed by atoms with van der Waals surface area (Å²) in [4.78, 5) is 32.2. The van der Waals surface area contributed by atoms with Gasteiger partial charge in [-0.3, -0.25) is 14.6 Å². The molecule has 0 aliphatic heterocycles. The molecule has 3 aromatic rings. The van der Waals surface area contributed by atoms with E-state index in [2.05, 4.69) is 28.6 Å². The van der Waals surface area contributed by atoms with Crippen LogP contribution in [0.1, 0.15) is 71.0 Å². The Labute approximate surface area is 241 Å². The zero-order valence-corrected chi connectivity index (χ0v) is 24.0. The molecule has 41 heavy (non-hydrogen) atoms. The van der Waals surface area contributed by atoms with Crippen molar-refractivity contribution in [2.24, 2.45) is 0 Å². The molecule has 2 aromatic carbocycles. The van der Waals surface area contributed by atoms with Crippen LogP contribution in [-0.2, 0) is 19.4 Å². The second kappa shape index (κ2) is 15.9. The van der Waals surface area contributed by atoms with Crippen molar-refractivity contribution in [3.8, 4) is 0 Å². The number of carbonyl (C=O) groups is 2. The summed E-state index contributed by atoms with van der Waals surface area (Å²) in [6.07, 6.45) is 4.20. The van der Waals surface area contributed by atoms with E-state index in [1.165, 1.54) is 36.2 Å². The van der Waals surface area contributed by atoms with Crippen molar-refractivity contribution in [3.05, 3.63) is 100 Å². The highest BCUT2D eigenvalue weighted by Gasteiger charge is 2.24. The van der Waals surface area contributed by atoms with Crippen molar-refractivity contribution in [2.75, 3.05) is 19.6 Å². The molecule has 0 bridgehead atoms. The molecule has 1 heterocycles. The molecular weight excluding hydrogens is 526 g/mol. The van der Waals surface area contributed by atoms with Crippen molar-refractivity contribution >= 4 is 11.8 Å². The Morgan fingerprint density at radius 1 is 0.902 bits per heavy atom. The summed E-state index contributed by atoms with van der Waals surface area (Å²) in [5.74, 6) is -2.25. The fourth-order valence-corrected chi connectivity index (χ4v) is 4.70. The molecular formula is C32H40F2N4O3. The van der Waals surface area contributed by atoms with Crippen LogP contribution in [0.2, 0.25) is 0 Å². The lowest BCUT2D eigenvalue weighted by atomic mass is 10.00. The highest BCUT2D eigenvalue weighted by atomic mass is 19.1. The van der Waals surface area contributed by atoms with Gasteiger partial charge >= 0.3 is 0 Å². The van der Waals surface area contributed by atoms with Gasteiger partial charge in [0, 0.05) is 44.6 Å². The molecule has 3 N–H and O–H groups in total. The van der Waals surface area contributed by atoms with Gasteiger partial charge in [-0.05, 0) is 60.6 Å². The minimum absolute atomic E-state index is 0.0125. The maximum Gasteiger partial charge on any atom is 0.255 e. The van der Waals surface area contributed by atoms with Crippen LogP contribution in [0.3, 0.4) is 0 Å². The highest BCUT2D eigenvalue weighted by Crippen LogP contribution is 2.14. The topological polar surface area (TPSA) is 94.6 Å². The average Bonchev–Trinajstić information content (AvgIpc) is 2.96. The minimum atomic E-state index is -1.08. The van der Waals surface area contributed by atoms with E-state index in [0.717, 1.165) is 30.9 Å². The third-order valence-corrected chi connectivity index (χ3v) is 6.76. The second-order valence-corrected chi connectivity index (χ2v) is 10.2. The molecule has 0 radical (unpaired) electrons. The van der Waals surface area contributed by atoms with E-state index in [-0.39, 0.29) is 24.4 Å². The first-order valence-corrected chi connectivity index (χ1v) is 14.2. The lowest BCUT2D eigenvalue weighted by Gasteiger charge is -2.25. The third kappa shape index (κ3) is 9.72. The Morgan fingerprint density at radius 2 is 1.56 bits per heavy atom. The van der Waals surface area contributed by atoms with E-state index in [1.807, 2.05) is 32.0 Å². The number of rotatable bonds is 15. The Bertz CT molecular complexity index is 1280. The van der Waals surface area contributed by atoms with Gasteiger partial charge in [0.2, 0.25) is 0 Å². The molecule has 7 nitrogen and oxygen atoms in total. The molecule has 9 heteroatoms. The van der Waals surface area contributed by atoms with Crippen LogP contribution in [0.25, 0.3) is 0 Å². The van der Waals surface area contributed by atoms with E-state index >= 15 is 0 Å². The van der Waals surface area contributed by atoms with Crippen LogP contribution >= 0.6 is 0 Å². The Kier molecular flexibility index (Phi) is 12.4. The molecule has 0 aliphatic carbocycles. The van der Waals surface area contributed by atoms with Crippen LogP contribution in [0.5, 0.6) is 0 Å². The number of amides is 2. The summed E-state index contributed by atoms with van der Waals surface area (Å²) in [5.41, 5.74) is 2.98. The lowest BCUT2D eigenvalue weighted by Crippen LogP contribution is -2.48. The van der Waals surface area contributed by atoms with Gasteiger partial charge in [0.1, 0.15) is 11.6 Å². The van der Waals surface area contributed by atoms with Crippen molar-refractivity contribution in [1.29, 1.82) is 0 Å². The molecule has 2 atom stereocenters. The molecule has 0 saturated carbocycles. The van der Waals surface area contributed by atoms with Crippen molar-refractivity contribution < 1.29 is 23.5 Å². The van der Waals surface area contributed by atoms with Gasteiger partial charge in [-0.25, -0.2) is 8.78 Å². The number of carbonyl (C=O) groups excluding carboxylic acids is 2. The molecule has 220 valence electrons. The quantitative estimate of drug-likeness (QED) is 0.249. The van der Waals surface area contributed by atoms with Gasteiger partial charge in [0.25, 0.3) is 11.8 Å². The summed E-state index contributed by atoms with van der Waals surface area (Å²) < 4.78 is 27.8. The number of benzene rings is 2.